The maximum absolute atomic E-state index is 11.7. The standard InChI is InChI=1S/C8H15F3N2O2/c1-15-5-6(12)7(14)13-4-2-3-8(9,10)11/h6H,2-5,12H2,1H3,(H,13,14). The van der Waals surface area contributed by atoms with E-state index in [2.05, 4.69) is 10.1 Å². The Kier molecular flexibility index (Phi) is 6.26. The first kappa shape index (κ1) is 14.2. The monoisotopic (exact) mass is 228 g/mol. The van der Waals surface area contributed by atoms with Gasteiger partial charge in [0.2, 0.25) is 5.91 Å². The number of alkyl halides is 3. The average Bonchev–Trinajstić information content (AvgIpc) is 2.11. The Balaban J connectivity index is 3.55. The van der Waals surface area contributed by atoms with Crippen LogP contribution in [0.5, 0.6) is 0 Å². The van der Waals surface area contributed by atoms with Gasteiger partial charge in [0.05, 0.1) is 6.61 Å². The van der Waals surface area contributed by atoms with Crippen LogP contribution >= 0.6 is 0 Å². The van der Waals surface area contributed by atoms with Crippen molar-refractivity contribution in [3.05, 3.63) is 0 Å². The minimum absolute atomic E-state index is 0.0320. The number of carbonyl (C=O) groups is 1. The summed E-state index contributed by atoms with van der Waals surface area (Å²) in [6.07, 6.45) is -5.24. The second kappa shape index (κ2) is 6.62. The Morgan fingerprint density at radius 2 is 2.13 bits per heavy atom. The number of halogens is 3. The molecule has 0 aliphatic heterocycles. The molecule has 0 aromatic heterocycles. The Morgan fingerprint density at radius 1 is 1.53 bits per heavy atom. The number of nitrogens with one attached hydrogen (secondary N) is 1. The zero-order chi connectivity index (χ0) is 11.9. The third kappa shape index (κ3) is 8.19. The zero-order valence-corrected chi connectivity index (χ0v) is 8.43. The van der Waals surface area contributed by atoms with Gasteiger partial charge in [-0.25, -0.2) is 0 Å². The van der Waals surface area contributed by atoms with Gasteiger partial charge in [0.1, 0.15) is 6.04 Å². The highest BCUT2D eigenvalue weighted by Gasteiger charge is 2.26. The van der Waals surface area contributed by atoms with Gasteiger partial charge in [-0.1, -0.05) is 0 Å². The van der Waals surface area contributed by atoms with Gasteiger partial charge in [-0.05, 0) is 6.42 Å². The molecule has 7 heteroatoms. The van der Waals surface area contributed by atoms with Crippen molar-refractivity contribution in [2.24, 2.45) is 5.73 Å². The van der Waals surface area contributed by atoms with Crippen LogP contribution in [-0.4, -0.2) is 38.4 Å². The molecule has 0 bridgehead atoms. The Hall–Kier alpha value is -0.820. The van der Waals surface area contributed by atoms with Crippen molar-refractivity contribution in [1.29, 1.82) is 0 Å². The number of nitrogens with two attached hydrogens (primary N) is 1. The van der Waals surface area contributed by atoms with Crippen LogP contribution in [0.2, 0.25) is 0 Å². The number of hydrogen-bond acceptors (Lipinski definition) is 3. The quantitative estimate of drug-likeness (QED) is 0.647. The number of ether oxygens (including phenoxy) is 1. The number of methoxy groups -OCH3 is 1. The molecule has 0 rings (SSSR count). The fraction of sp³-hybridized carbons (Fsp3) is 0.875. The lowest BCUT2D eigenvalue weighted by Gasteiger charge is -2.11. The maximum atomic E-state index is 11.7. The van der Waals surface area contributed by atoms with Gasteiger partial charge in [-0.15, -0.1) is 0 Å². The van der Waals surface area contributed by atoms with E-state index in [1.165, 1.54) is 7.11 Å². The molecule has 0 saturated carbocycles. The highest BCUT2D eigenvalue weighted by Crippen LogP contribution is 2.20. The summed E-state index contributed by atoms with van der Waals surface area (Å²) in [6, 6.07) is -0.833. The van der Waals surface area contributed by atoms with E-state index in [9.17, 15) is 18.0 Å². The van der Waals surface area contributed by atoms with Crippen LogP contribution in [0.3, 0.4) is 0 Å². The SMILES string of the molecule is COCC(N)C(=O)NCCCC(F)(F)F. The largest absolute Gasteiger partial charge is 0.389 e. The third-order valence-corrected chi connectivity index (χ3v) is 1.62. The van der Waals surface area contributed by atoms with Crippen molar-refractivity contribution in [2.45, 2.75) is 25.1 Å². The molecule has 0 heterocycles. The summed E-state index contributed by atoms with van der Waals surface area (Å²) in [5, 5.41) is 2.30. The van der Waals surface area contributed by atoms with Crippen LogP contribution in [0.25, 0.3) is 0 Å². The fourth-order valence-corrected chi connectivity index (χ4v) is 0.887. The topological polar surface area (TPSA) is 64.3 Å². The molecule has 1 unspecified atom stereocenters. The summed E-state index contributed by atoms with van der Waals surface area (Å²) in [4.78, 5) is 11.1. The summed E-state index contributed by atoms with van der Waals surface area (Å²) >= 11 is 0. The van der Waals surface area contributed by atoms with Crippen molar-refractivity contribution in [3.8, 4) is 0 Å². The molecule has 0 aliphatic rings. The molecule has 1 atom stereocenters. The fourth-order valence-electron chi connectivity index (χ4n) is 0.887. The number of hydrogen-bond donors (Lipinski definition) is 2. The van der Waals surface area contributed by atoms with E-state index in [1.54, 1.807) is 0 Å². The Morgan fingerprint density at radius 3 is 2.60 bits per heavy atom. The normalized spacial score (nSPS) is 13.7. The molecular weight excluding hydrogens is 213 g/mol. The van der Waals surface area contributed by atoms with E-state index < -0.39 is 24.5 Å². The maximum Gasteiger partial charge on any atom is 0.389 e. The van der Waals surface area contributed by atoms with Crippen LogP contribution in [0.1, 0.15) is 12.8 Å². The first-order valence-electron chi connectivity index (χ1n) is 4.46. The summed E-state index contributed by atoms with van der Waals surface area (Å²) in [5.41, 5.74) is 5.34. The molecule has 1 amide bonds. The van der Waals surface area contributed by atoms with Crippen LogP contribution < -0.4 is 11.1 Å². The summed E-state index contributed by atoms with van der Waals surface area (Å²) < 4.78 is 39.7. The predicted octanol–water partition coefficient (Wildman–Crippen LogP) is 0.419. The number of amides is 1. The van der Waals surface area contributed by atoms with Crippen LogP contribution in [0, 0.1) is 0 Å². The molecular formula is C8H15F3N2O2. The van der Waals surface area contributed by atoms with Crippen molar-refractivity contribution < 1.29 is 22.7 Å². The van der Waals surface area contributed by atoms with Gasteiger partial charge in [-0.2, -0.15) is 13.2 Å². The molecule has 0 spiro atoms. The van der Waals surface area contributed by atoms with E-state index in [1.807, 2.05) is 0 Å². The lowest BCUT2D eigenvalue weighted by atomic mass is 10.2. The zero-order valence-electron chi connectivity index (χ0n) is 8.43. The van der Waals surface area contributed by atoms with E-state index in [0.717, 1.165) is 0 Å². The third-order valence-electron chi connectivity index (χ3n) is 1.62. The van der Waals surface area contributed by atoms with E-state index in [-0.39, 0.29) is 19.6 Å². The molecule has 0 fully saturated rings. The predicted molar refractivity (Wildman–Crippen MR) is 48.2 cm³/mol. The van der Waals surface area contributed by atoms with Crippen LogP contribution in [0.15, 0.2) is 0 Å². The second-order valence-electron chi connectivity index (χ2n) is 3.07. The minimum Gasteiger partial charge on any atom is -0.383 e. The second-order valence-corrected chi connectivity index (χ2v) is 3.07. The Bertz CT molecular complexity index is 197. The van der Waals surface area contributed by atoms with Gasteiger partial charge in [0.15, 0.2) is 0 Å². The molecule has 4 nitrogen and oxygen atoms in total. The Labute approximate surface area is 86.0 Å². The van der Waals surface area contributed by atoms with Gasteiger partial charge in [0.25, 0.3) is 0 Å². The molecule has 0 aromatic carbocycles. The summed E-state index contributed by atoms with van der Waals surface area (Å²) in [6.45, 7) is 0.0147. The minimum atomic E-state index is -4.18. The molecule has 0 radical (unpaired) electrons. The first-order chi connectivity index (χ1) is 6.87. The molecule has 15 heavy (non-hydrogen) atoms. The summed E-state index contributed by atoms with van der Waals surface area (Å²) in [5.74, 6) is -0.501. The van der Waals surface area contributed by atoms with Crippen molar-refractivity contribution in [2.75, 3.05) is 20.3 Å². The van der Waals surface area contributed by atoms with Crippen LogP contribution in [0.4, 0.5) is 13.2 Å². The van der Waals surface area contributed by atoms with Gasteiger partial charge in [0, 0.05) is 20.1 Å². The van der Waals surface area contributed by atoms with Crippen molar-refractivity contribution in [1.82, 2.24) is 5.32 Å². The van der Waals surface area contributed by atoms with Gasteiger partial charge in [-0.3, -0.25) is 4.79 Å². The molecule has 90 valence electrons. The smallest absolute Gasteiger partial charge is 0.383 e. The highest BCUT2D eigenvalue weighted by molar-refractivity contribution is 5.81. The van der Waals surface area contributed by atoms with E-state index >= 15 is 0 Å². The lowest BCUT2D eigenvalue weighted by molar-refractivity contribution is -0.136. The van der Waals surface area contributed by atoms with E-state index in [4.69, 9.17) is 5.73 Å². The first-order valence-corrected chi connectivity index (χ1v) is 4.46. The molecule has 3 N–H and O–H groups in total. The molecule has 0 aliphatic carbocycles. The molecule has 0 saturated heterocycles. The van der Waals surface area contributed by atoms with Crippen molar-refractivity contribution in [3.63, 3.8) is 0 Å². The lowest BCUT2D eigenvalue weighted by Crippen LogP contribution is -2.43. The summed E-state index contributed by atoms with van der Waals surface area (Å²) in [7, 11) is 1.39. The van der Waals surface area contributed by atoms with Crippen molar-refractivity contribution >= 4 is 5.91 Å². The molecule has 0 aromatic rings. The number of rotatable bonds is 6. The average molecular weight is 228 g/mol. The highest BCUT2D eigenvalue weighted by atomic mass is 19.4. The van der Waals surface area contributed by atoms with Crippen LogP contribution in [-0.2, 0) is 9.53 Å². The number of carbonyl (C=O) groups excluding carboxylic acids is 1. The van der Waals surface area contributed by atoms with Gasteiger partial charge < -0.3 is 15.8 Å². The van der Waals surface area contributed by atoms with E-state index in [0.29, 0.717) is 0 Å². The van der Waals surface area contributed by atoms with Gasteiger partial charge >= 0.3 is 6.18 Å².